The molecule has 1 aromatic rings. The first-order valence-electron chi connectivity index (χ1n) is 2.91. The lowest BCUT2D eigenvalue weighted by molar-refractivity contribution is 0.629. The van der Waals surface area contributed by atoms with Crippen molar-refractivity contribution in [2.45, 2.75) is 0 Å². The van der Waals surface area contributed by atoms with Crippen LogP contribution in [0.15, 0.2) is 18.2 Å². The standard InChI is InChI=1S/C8H5ClFN/c1-2-6-4-3-5-7(11-9)8(6)10/h1,3-5,11H. The van der Waals surface area contributed by atoms with Gasteiger partial charge in [0.15, 0.2) is 5.82 Å². The van der Waals surface area contributed by atoms with Crippen molar-refractivity contribution in [3.63, 3.8) is 0 Å². The second-order valence-corrected chi connectivity index (χ2v) is 2.09. The summed E-state index contributed by atoms with van der Waals surface area (Å²) in [6, 6.07) is 4.64. The number of hydrogen-bond donors (Lipinski definition) is 1. The molecule has 11 heavy (non-hydrogen) atoms. The third kappa shape index (κ3) is 1.44. The van der Waals surface area contributed by atoms with Crippen LogP contribution in [0.4, 0.5) is 10.1 Å². The number of hydrogen-bond acceptors (Lipinski definition) is 1. The Balaban J connectivity index is 3.23. The fourth-order valence-electron chi connectivity index (χ4n) is 0.716. The highest BCUT2D eigenvalue weighted by molar-refractivity contribution is 6.24. The fraction of sp³-hybridized carbons (Fsp3) is 0. The zero-order valence-electron chi connectivity index (χ0n) is 5.57. The van der Waals surface area contributed by atoms with Crippen LogP contribution in [0.1, 0.15) is 5.56 Å². The number of nitrogens with one attached hydrogen (secondary N) is 1. The van der Waals surface area contributed by atoms with E-state index in [9.17, 15) is 4.39 Å². The molecule has 3 heteroatoms. The van der Waals surface area contributed by atoms with Crippen molar-refractivity contribution in [3.05, 3.63) is 29.6 Å². The largest absolute Gasteiger partial charge is 0.295 e. The van der Waals surface area contributed by atoms with E-state index in [-0.39, 0.29) is 11.3 Å². The second kappa shape index (κ2) is 3.27. The summed E-state index contributed by atoms with van der Waals surface area (Å²) in [5.74, 6) is 1.70. The lowest BCUT2D eigenvalue weighted by atomic mass is 10.2. The number of halogens is 2. The van der Waals surface area contributed by atoms with Crippen molar-refractivity contribution < 1.29 is 4.39 Å². The summed E-state index contributed by atoms with van der Waals surface area (Å²) in [6.45, 7) is 0. The van der Waals surface area contributed by atoms with Gasteiger partial charge in [-0.15, -0.1) is 6.42 Å². The normalized spacial score (nSPS) is 8.82. The maximum Gasteiger partial charge on any atom is 0.163 e. The van der Waals surface area contributed by atoms with Gasteiger partial charge < -0.3 is 0 Å². The van der Waals surface area contributed by atoms with Gasteiger partial charge in [-0.25, -0.2) is 4.39 Å². The summed E-state index contributed by atoms with van der Waals surface area (Å²) in [7, 11) is 0. The molecule has 1 rings (SSSR count). The smallest absolute Gasteiger partial charge is 0.163 e. The molecule has 0 fully saturated rings. The summed E-state index contributed by atoms with van der Waals surface area (Å²) >= 11 is 5.20. The van der Waals surface area contributed by atoms with E-state index < -0.39 is 5.82 Å². The van der Waals surface area contributed by atoms with Gasteiger partial charge in [-0.1, -0.05) is 12.0 Å². The Morgan fingerprint density at radius 1 is 1.55 bits per heavy atom. The molecule has 0 aromatic heterocycles. The van der Waals surface area contributed by atoms with E-state index >= 15 is 0 Å². The van der Waals surface area contributed by atoms with E-state index in [1.807, 2.05) is 0 Å². The topological polar surface area (TPSA) is 12.0 Å². The van der Waals surface area contributed by atoms with Crippen LogP contribution in [0.5, 0.6) is 0 Å². The maximum absolute atomic E-state index is 13.0. The SMILES string of the molecule is C#Cc1cccc(NCl)c1F. The Hall–Kier alpha value is -1.20. The van der Waals surface area contributed by atoms with Crippen LogP contribution in [0, 0.1) is 18.2 Å². The van der Waals surface area contributed by atoms with Gasteiger partial charge in [-0.2, -0.15) is 0 Å². The summed E-state index contributed by atoms with van der Waals surface area (Å²) in [5.41, 5.74) is 0.401. The molecule has 1 nitrogen and oxygen atoms in total. The van der Waals surface area contributed by atoms with Crippen LogP contribution in [0.25, 0.3) is 0 Å². The van der Waals surface area contributed by atoms with Crippen LogP contribution in [0.2, 0.25) is 0 Å². The van der Waals surface area contributed by atoms with E-state index in [2.05, 4.69) is 10.8 Å². The van der Waals surface area contributed by atoms with Crippen LogP contribution < -0.4 is 4.84 Å². The molecule has 0 unspecified atom stereocenters. The van der Waals surface area contributed by atoms with Crippen molar-refractivity contribution in [2.24, 2.45) is 0 Å². The monoisotopic (exact) mass is 169 g/mol. The Kier molecular flexibility index (Phi) is 2.35. The molecule has 0 aliphatic carbocycles. The third-order valence-electron chi connectivity index (χ3n) is 1.26. The van der Waals surface area contributed by atoms with Gasteiger partial charge in [0.25, 0.3) is 0 Å². The highest BCUT2D eigenvalue weighted by Gasteiger charge is 2.03. The molecule has 0 saturated carbocycles. The lowest BCUT2D eigenvalue weighted by Crippen LogP contribution is -1.89. The van der Waals surface area contributed by atoms with Crippen LogP contribution >= 0.6 is 11.8 Å². The molecule has 0 saturated heterocycles. The zero-order chi connectivity index (χ0) is 8.27. The Morgan fingerprint density at radius 2 is 2.27 bits per heavy atom. The predicted octanol–water partition coefficient (Wildman–Crippen LogP) is 2.37. The molecular weight excluding hydrogens is 165 g/mol. The summed E-state index contributed by atoms with van der Waals surface area (Å²) in [5, 5.41) is 0. The quantitative estimate of drug-likeness (QED) is 0.503. The first kappa shape index (κ1) is 7.90. The molecule has 56 valence electrons. The average Bonchev–Trinajstić information content (AvgIpc) is 2.05. The van der Waals surface area contributed by atoms with Gasteiger partial charge in [0.2, 0.25) is 0 Å². The highest BCUT2D eigenvalue weighted by Crippen LogP contribution is 2.17. The molecule has 0 radical (unpaired) electrons. The van der Waals surface area contributed by atoms with E-state index in [1.54, 1.807) is 6.07 Å². The van der Waals surface area contributed by atoms with E-state index in [1.165, 1.54) is 12.1 Å². The van der Waals surface area contributed by atoms with Crippen molar-refractivity contribution in [2.75, 3.05) is 4.84 Å². The van der Waals surface area contributed by atoms with Crippen LogP contribution in [-0.2, 0) is 0 Å². The van der Waals surface area contributed by atoms with Crippen molar-refractivity contribution >= 4 is 17.5 Å². The molecule has 1 N–H and O–H groups in total. The number of terminal acetylenes is 1. The van der Waals surface area contributed by atoms with Crippen LogP contribution in [0.3, 0.4) is 0 Å². The van der Waals surface area contributed by atoms with Gasteiger partial charge in [0.1, 0.15) is 0 Å². The number of anilines is 1. The Bertz CT molecular complexity index is 303. The van der Waals surface area contributed by atoms with E-state index in [4.69, 9.17) is 18.2 Å². The molecule has 0 aliphatic heterocycles. The third-order valence-corrected chi connectivity index (χ3v) is 1.46. The van der Waals surface area contributed by atoms with Gasteiger partial charge in [0, 0.05) is 11.8 Å². The summed E-state index contributed by atoms with van der Waals surface area (Å²) in [4.78, 5) is 2.17. The predicted molar refractivity (Wildman–Crippen MR) is 43.8 cm³/mol. The van der Waals surface area contributed by atoms with Crippen molar-refractivity contribution in [3.8, 4) is 12.3 Å². The zero-order valence-corrected chi connectivity index (χ0v) is 6.32. The van der Waals surface area contributed by atoms with Gasteiger partial charge >= 0.3 is 0 Å². The molecule has 0 heterocycles. The minimum absolute atomic E-state index is 0.196. The Morgan fingerprint density at radius 3 is 2.82 bits per heavy atom. The number of benzene rings is 1. The summed E-state index contributed by atoms with van der Waals surface area (Å²) < 4.78 is 13.0. The highest BCUT2D eigenvalue weighted by atomic mass is 35.5. The van der Waals surface area contributed by atoms with Gasteiger partial charge in [0.05, 0.1) is 11.3 Å². The van der Waals surface area contributed by atoms with Gasteiger partial charge in [-0.3, -0.25) is 4.84 Å². The minimum Gasteiger partial charge on any atom is -0.295 e. The van der Waals surface area contributed by atoms with Crippen molar-refractivity contribution in [1.82, 2.24) is 0 Å². The minimum atomic E-state index is -0.495. The fourth-order valence-corrected chi connectivity index (χ4v) is 0.862. The first-order chi connectivity index (χ1) is 5.29. The lowest BCUT2D eigenvalue weighted by Gasteiger charge is -2.00. The summed E-state index contributed by atoms with van der Waals surface area (Å²) in [6.07, 6.45) is 5.01. The van der Waals surface area contributed by atoms with Crippen molar-refractivity contribution in [1.29, 1.82) is 0 Å². The molecule has 0 atom stereocenters. The van der Waals surface area contributed by atoms with Gasteiger partial charge in [-0.05, 0) is 12.1 Å². The first-order valence-corrected chi connectivity index (χ1v) is 3.29. The molecule has 0 aliphatic rings. The Labute approximate surface area is 69.3 Å². The second-order valence-electron chi connectivity index (χ2n) is 1.91. The van der Waals surface area contributed by atoms with E-state index in [0.717, 1.165) is 0 Å². The molecule has 0 bridgehead atoms. The molecule has 1 aromatic carbocycles. The molecular formula is C8H5ClFN. The van der Waals surface area contributed by atoms with E-state index in [0.29, 0.717) is 0 Å². The molecule has 0 amide bonds. The maximum atomic E-state index is 13.0. The number of rotatable bonds is 1. The average molecular weight is 170 g/mol. The molecule has 0 spiro atoms. The van der Waals surface area contributed by atoms with Crippen LogP contribution in [-0.4, -0.2) is 0 Å².